The van der Waals surface area contributed by atoms with Gasteiger partial charge in [0, 0.05) is 56.2 Å². The molecule has 0 unspecified atom stereocenters. The van der Waals surface area contributed by atoms with E-state index in [9.17, 15) is 19.7 Å². The maximum atomic E-state index is 12.4. The number of carbonyl (C=O) groups is 2. The fourth-order valence-electron chi connectivity index (χ4n) is 3.58. The van der Waals surface area contributed by atoms with E-state index in [-0.39, 0.29) is 23.0 Å². The van der Waals surface area contributed by atoms with Crippen molar-refractivity contribution in [2.24, 2.45) is 0 Å². The van der Waals surface area contributed by atoms with Crippen LogP contribution >= 0.6 is 0 Å². The summed E-state index contributed by atoms with van der Waals surface area (Å²) in [5.74, 6) is -0.425. The second-order valence-corrected chi connectivity index (χ2v) is 9.10. The summed E-state index contributed by atoms with van der Waals surface area (Å²) >= 11 is 0. The van der Waals surface area contributed by atoms with E-state index in [1.54, 1.807) is 4.90 Å². The van der Waals surface area contributed by atoms with Crippen molar-refractivity contribution in [3.8, 4) is 0 Å². The van der Waals surface area contributed by atoms with Crippen LogP contribution in [0.5, 0.6) is 0 Å². The molecule has 0 radical (unpaired) electrons. The minimum Gasteiger partial charge on any atom is -0.444 e. The SMILES string of the molecule is CON(C)C(=O)c1ccc([N+](=O)[O-])c(Nc2ccc(N3CCN(C(=O)OC(C)(C)C)CC3)cc2)c1. The van der Waals surface area contributed by atoms with Crippen molar-refractivity contribution in [1.82, 2.24) is 9.96 Å². The molecule has 11 heteroatoms. The number of rotatable bonds is 6. The van der Waals surface area contributed by atoms with Gasteiger partial charge in [-0.2, -0.15) is 0 Å². The summed E-state index contributed by atoms with van der Waals surface area (Å²) in [5.41, 5.74) is 1.38. The summed E-state index contributed by atoms with van der Waals surface area (Å²) in [6, 6.07) is 11.6. The van der Waals surface area contributed by atoms with Crippen LogP contribution in [0.2, 0.25) is 0 Å². The molecule has 0 spiro atoms. The highest BCUT2D eigenvalue weighted by Gasteiger charge is 2.26. The van der Waals surface area contributed by atoms with E-state index in [2.05, 4.69) is 10.2 Å². The molecule has 0 saturated carbocycles. The summed E-state index contributed by atoms with van der Waals surface area (Å²) in [6.45, 7) is 7.96. The molecule has 0 bridgehead atoms. The lowest BCUT2D eigenvalue weighted by atomic mass is 10.1. The quantitative estimate of drug-likeness (QED) is 0.481. The first-order chi connectivity index (χ1) is 16.5. The molecular weight excluding hydrogens is 454 g/mol. The van der Waals surface area contributed by atoms with Gasteiger partial charge in [0.2, 0.25) is 0 Å². The second kappa shape index (κ2) is 10.6. The van der Waals surface area contributed by atoms with Crippen LogP contribution < -0.4 is 10.2 Å². The van der Waals surface area contributed by atoms with E-state index in [1.165, 1.54) is 32.4 Å². The van der Waals surface area contributed by atoms with E-state index in [0.29, 0.717) is 31.9 Å². The standard InChI is InChI=1S/C24H31N5O6/c1-24(2,3)35-23(31)28-14-12-27(13-15-28)19-9-7-18(8-10-19)25-20-16-17(22(30)26(4)34-5)6-11-21(20)29(32)33/h6-11,16,25H,12-15H2,1-5H3. The lowest BCUT2D eigenvalue weighted by Crippen LogP contribution is -2.50. The number of nitrogens with zero attached hydrogens (tertiary/aromatic N) is 4. The highest BCUT2D eigenvalue weighted by molar-refractivity contribution is 5.95. The molecule has 3 rings (SSSR count). The first-order valence-corrected chi connectivity index (χ1v) is 11.2. The van der Waals surface area contributed by atoms with Crippen molar-refractivity contribution in [3.05, 3.63) is 58.1 Å². The molecular formula is C24H31N5O6. The second-order valence-electron chi connectivity index (χ2n) is 9.10. The van der Waals surface area contributed by atoms with Gasteiger partial charge in [0.05, 0.1) is 12.0 Å². The monoisotopic (exact) mass is 485 g/mol. The molecule has 1 heterocycles. The van der Waals surface area contributed by atoms with Gasteiger partial charge in [0.1, 0.15) is 11.3 Å². The van der Waals surface area contributed by atoms with Crippen LogP contribution in [0.25, 0.3) is 0 Å². The molecule has 2 aromatic rings. The molecule has 1 aliphatic heterocycles. The number of hydrogen-bond acceptors (Lipinski definition) is 8. The average molecular weight is 486 g/mol. The molecule has 0 aromatic heterocycles. The Morgan fingerprint density at radius 2 is 1.69 bits per heavy atom. The van der Waals surface area contributed by atoms with Crippen molar-refractivity contribution >= 4 is 34.7 Å². The van der Waals surface area contributed by atoms with Gasteiger partial charge in [-0.05, 0) is 57.2 Å². The lowest BCUT2D eigenvalue weighted by molar-refractivity contribution is -0.383. The normalized spacial score (nSPS) is 13.9. The van der Waals surface area contributed by atoms with Gasteiger partial charge in [-0.3, -0.25) is 19.7 Å². The highest BCUT2D eigenvalue weighted by Crippen LogP contribution is 2.30. The molecule has 2 aromatic carbocycles. The number of hydroxylamine groups is 2. The fraction of sp³-hybridized carbons (Fsp3) is 0.417. The average Bonchev–Trinajstić information content (AvgIpc) is 2.82. The molecule has 35 heavy (non-hydrogen) atoms. The molecule has 0 atom stereocenters. The van der Waals surface area contributed by atoms with Gasteiger partial charge in [0.25, 0.3) is 11.6 Å². The van der Waals surface area contributed by atoms with Gasteiger partial charge < -0.3 is 19.9 Å². The number of hydrogen-bond donors (Lipinski definition) is 1. The largest absolute Gasteiger partial charge is 0.444 e. The number of nitro benzene ring substituents is 1. The summed E-state index contributed by atoms with van der Waals surface area (Å²) in [5, 5.41) is 15.6. The maximum absolute atomic E-state index is 12.4. The Hall–Kier alpha value is -3.86. The van der Waals surface area contributed by atoms with E-state index < -0.39 is 16.4 Å². The number of benzene rings is 2. The molecule has 188 valence electrons. The minimum atomic E-state index is -0.529. The number of nitrogens with one attached hydrogen (secondary N) is 1. The molecule has 1 N–H and O–H groups in total. The highest BCUT2D eigenvalue weighted by atomic mass is 16.7. The predicted molar refractivity (Wildman–Crippen MR) is 132 cm³/mol. The third kappa shape index (κ3) is 6.60. The third-order valence-corrected chi connectivity index (χ3v) is 5.44. The van der Waals surface area contributed by atoms with E-state index >= 15 is 0 Å². The Kier molecular flexibility index (Phi) is 7.80. The van der Waals surface area contributed by atoms with Crippen LogP contribution in [-0.4, -0.2) is 72.8 Å². The van der Waals surface area contributed by atoms with Crippen LogP contribution in [0.3, 0.4) is 0 Å². The van der Waals surface area contributed by atoms with E-state index in [4.69, 9.17) is 9.57 Å². The van der Waals surface area contributed by atoms with Gasteiger partial charge in [-0.15, -0.1) is 0 Å². The molecule has 11 nitrogen and oxygen atoms in total. The summed E-state index contributed by atoms with van der Waals surface area (Å²) in [4.78, 5) is 44.4. The minimum absolute atomic E-state index is 0.149. The van der Waals surface area contributed by atoms with Crippen molar-refractivity contribution in [3.63, 3.8) is 0 Å². The molecule has 2 amide bonds. The summed E-state index contributed by atoms with van der Waals surface area (Å²) in [6.07, 6.45) is -0.310. The topological polar surface area (TPSA) is 117 Å². The molecule has 1 aliphatic rings. The molecule has 0 aliphatic carbocycles. The Labute approximate surface area is 204 Å². The van der Waals surface area contributed by atoms with E-state index in [0.717, 1.165) is 10.8 Å². The predicted octanol–water partition coefficient (Wildman–Crippen LogP) is 4.03. The lowest BCUT2D eigenvalue weighted by Gasteiger charge is -2.36. The van der Waals surface area contributed by atoms with Crippen molar-refractivity contribution in [2.45, 2.75) is 26.4 Å². The Morgan fingerprint density at radius 3 is 2.23 bits per heavy atom. The molecule has 1 fully saturated rings. The van der Waals surface area contributed by atoms with Crippen LogP contribution in [0.15, 0.2) is 42.5 Å². The van der Waals surface area contributed by atoms with Gasteiger partial charge >= 0.3 is 6.09 Å². The zero-order valence-corrected chi connectivity index (χ0v) is 20.6. The van der Waals surface area contributed by atoms with Gasteiger partial charge in [-0.1, -0.05) is 0 Å². The maximum Gasteiger partial charge on any atom is 0.410 e. The van der Waals surface area contributed by atoms with Crippen molar-refractivity contribution in [1.29, 1.82) is 0 Å². The number of amides is 2. The Balaban J connectivity index is 1.68. The number of ether oxygens (including phenoxy) is 1. The van der Waals surface area contributed by atoms with Gasteiger partial charge in [-0.25, -0.2) is 9.86 Å². The van der Waals surface area contributed by atoms with Crippen LogP contribution in [0.1, 0.15) is 31.1 Å². The van der Waals surface area contributed by atoms with E-state index in [1.807, 2.05) is 45.0 Å². The molecule has 1 saturated heterocycles. The number of piperazine rings is 1. The van der Waals surface area contributed by atoms with Crippen LogP contribution in [0.4, 0.5) is 27.5 Å². The summed E-state index contributed by atoms with van der Waals surface area (Å²) < 4.78 is 5.44. The summed E-state index contributed by atoms with van der Waals surface area (Å²) in [7, 11) is 2.82. The first-order valence-electron chi connectivity index (χ1n) is 11.2. The number of nitro groups is 1. The third-order valence-electron chi connectivity index (χ3n) is 5.44. The Bertz CT molecular complexity index is 1070. The van der Waals surface area contributed by atoms with Crippen molar-refractivity contribution in [2.75, 3.05) is 50.6 Å². The smallest absolute Gasteiger partial charge is 0.410 e. The number of anilines is 3. The first kappa shape index (κ1) is 25.8. The van der Waals surface area contributed by atoms with Crippen molar-refractivity contribution < 1.29 is 24.1 Å². The fourth-order valence-corrected chi connectivity index (χ4v) is 3.58. The van der Waals surface area contributed by atoms with Gasteiger partial charge in [0.15, 0.2) is 0 Å². The van der Waals surface area contributed by atoms with Crippen LogP contribution in [0, 0.1) is 10.1 Å². The zero-order chi connectivity index (χ0) is 25.8. The van der Waals surface area contributed by atoms with Crippen LogP contribution in [-0.2, 0) is 9.57 Å². The number of carbonyl (C=O) groups excluding carboxylic acids is 2. The zero-order valence-electron chi connectivity index (χ0n) is 20.6. The Morgan fingerprint density at radius 1 is 1.06 bits per heavy atom.